The molecule has 6 nitrogen and oxygen atoms in total. The Labute approximate surface area is 161 Å². The summed E-state index contributed by atoms with van der Waals surface area (Å²) in [5.41, 5.74) is 2.80. The summed E-state index contributed by atoms with van der Waals surface area (Å²) in [5.74, 6) is 1.01. The topological polar surface area (TPSA) is 70.5 Å². The smallest absolute Gasteiger partial charge is 0.339 e. The fourth-order valence-electron chi connectivity index (χ4n) is 2.49. The summed E-state index contributed by atoms with van der Waals surface area (Å²) < 4.78 is 16.0. The monoisotopic (exact) mass is 384 g/mol. The van der Waals surface area contributed by atoms with Gasteiger partial charge in [0.2, 0.25) is 0 Å². The molecule has 0 amide bonds. The van der Waals surface area contributed by atoms with E-state index >= 15 is 0 Å². The Kier molecular flexibility index (Phi) is 6.03. The highest BCUT2D eigenvalue weighted by Gasteiger charge is 2.13. The predicted molar refractivity (Wildman–Crippen MR) is 104 cm³/mol. The van der Waals surface area contributed by atoms with E-state index in [0.29, 0.717) is 30.2 Å². The molecule has 0 fully saturated rings. The summed E-state index contributed by atoms with van der Waals surface area (Å²) in [6.07, 6.45) is 1.49. The molecule has 0 radical (unpaired) electrons. The number of thiazole rings is 1. The van der Waals surface area contributed by atoms with Crippen molar-refractivity contribution in [2.45, 2.75) is 13.8 Å². The standard InChI is InChI=1S/C20H20N2O4S/c1-4-25-17-9-7-13(10-18(17)26-5-2)19-22-16(12-27-19)15-8-6-14(11-21-15)20(23)24-3/h6-12H,4-5H2,1-3H3. The van der Waals surface area contributed by atoms with Gasteiger partial charge in [-0.05, 0) is 44.2 Å². The summed E-state index contributed by atoms with van der Waals surface area (Å²) >= 11 is 1.52. The van der Waals surface area contributed by atoms with Crippen LogP contribution in [0.1, 0.15) is 24.2 Å². The number of nitrogens with zero attached hydrogens (tertiary/aromatic N) is 2. The molecule has 0 aliphatic rings. The van der Waals surface area contributed by atoms with Crippen LogP contribution in [0, 0.1) is 0 Å². The quantitative estimate of drug-likeness (QED) is 0.560. The van der Waals surface area contributed by atoms with Crippen LogP contribution in [-0.2, 0) is 4.74 Å². The SMILES string of the molecule is CCOc1ccc(-c2nc(-c3ccc(C(=O)OC)cn3)cs2)cc1OCC. The molecule has 0 saturated carbocycles. The van der Waals surface area contributed by atoms with E-state index in [1.807, 2.05) is 37.4 Å². The number of hydrogen-bond donors (Lipinski definition) is 0. The fourth-order valence-corrected chi connectivity index (χ4v) is 3.30. The normalized spacial score (nSPS) is 10.5. The van der Waals surface area contributed by atoms with Crippen molar-refractivity contribution in [1.29, 1.82) is 0 Å². The van der Waals surface area contributed by atoms with Gasteiger partial charge in [-0.25, -0.2) is 9.78 Å². The second-order valence-electron chi connectivity index (χ2n) is 5.49. The van der Waals surface area contributed by atoms with E-state index in [1.165, 1.54) is 24.6 Å². The number of carbonyl (C=O) groups is 1. The number of rotatable bonds is 7. The Bertz CT molecular complexity index is 922. The van der Waals surface area contributed by atoms with Crippen molar-refractivity contribution in [2.75, 3.05) is 20.3 Å². The summed E-state index contributed by atoms with van der Waals surface area (Å²) in [5, 5.41) is 2.79. The van der Waals surface area contributed by atoms with E-state index in [2.05, 4.69) is 14.7 Å². The van der Waals surface area contributed by atoms with Crippen LogP contribution in [0.2, 0.25) is 0 Å². The first kappa shape index (κ1) is 18.8. The van der Waals surface area contributed by atoms with E-state index in [1.54, 1.807) is 12.1 Å². The summed E-state index contributed by atoms with van der Waals surface area (Å²) in [7, 11) is 1.34. The lowest BCUT2D eigenvalue weighted by Gasteiger charge is -2.11. The maximum absolute atomic E-state index is 11.5. The van der Waals surface area contributed by atoms with Crippen molar-refractivity contribution >= 4 is 17.3 Å². The van der Waals surface area contributed by atoms with Crippen molar-refractivity contribution in [2.24, 2.45) is 0 Å². The zero-order valence-corrected chi connectivity index (χ0v) is 16.2. The highest BCUT2D eigenvalue weighted by atomic mass is 32.1. The summed E-state index contributed by atoms with van der Waals surface area (Å²) in [6, 6.07) is 9.23. The Hall–Kier alpha value is -2.93. The Balaban J connectivity index is 1.87. The first-order chi connectivity index (χ1) is 13.2. The molecule has 0 aliphatic heterocycles. The largest absolute Gasteiger partial charge is 0.490 e. The molecule has 0 N–H and O–H groups in total. The van der Waals surface area contributed by atoms with Gasteiger partial charge in [0.05, 0.1) is 31.6 Å². The molecule has 0 aliphatic carbocycles. The molecule has 2 aromatic heterocycles. The first-order valence-corrected chi connectivity index (χ1v) is 9.44. The van der Waals surface area contributed by atoms with Crippen LogP contribution in [0.4, 0.5) is 0 Å². The molecular formula is C20H20N2O4S. The van der Waals surface area contributed by atoms with Gasteiger partial charge < -0.3 is 14.2 Å². The molecule has 0 unspecified atom stereocenters. The average molecular weight is 384 g/mol. The molecule has 3 rings (SSSR count). The third kappa shape index (κ3) is 4.25. The maximum atomic E-state index is 11.5. The van der Waals surface area contributed by atoms with Crippen LogP contribution in [0.5, 0.6) is 11.5 Å². The second-order valence-corrected chi connectivity index (χ2v) is 6.35. The lowest BCUT2D eigenvalue weighted by molar-refractivity contribution is 0.0600. The minimum Gasteiger partial charge on any atom is -0.490 e. The Morgan fingerprint density at radius 3 is 2.48 bits per heavy atom. The summed E-state index contributed by atoms with van der Waals surface area (Å²) in [6.45, 7) is 5.01. The molecule has 3 aromatic rings. The van der Waals surface area contributed by atoms with Crippen LogP contribution in [-0.4, -0.2) is 36.3 Å². The van der Waals surface area contributed by atoms with Gasteiger partial charge in [0.25, 0.3) is 0 Å². The number of ether oxygens (including phenoxy) is 3. The molecule has 27 heavy (non-hydrogen) atoms. The van der Waals surface area contributed by atoms with Crippen molar-refractivity contribution in [3.63, 3.8) is 0 Å². The summed E-state index contributed by atoms with van der Waals surface area (Å²) in [4.78, 5) is 20.5. The van der Waals surface area contributed by atoms with Gasteiger partial charge in [0.15, 0.2) is 11.5 Å². The van der Waals surface area contributed by atoms with Crippen LogP contribution in [0.15, 0.2) is 41.9 Å². The van der Waals surface area contributed by atoms with E-state index in [9.17, 15) is 4.79 Å². The maximum Gasteiger partial charge on any atom is 0.339 e. The van der Waals surface area contributed by atoms with Crippen molar-refractivity contribution < 1.29 is 19.0 Å². The van der Waals surface area contributed by atoms with Gasteiger partial charge in [-0.15, -0.1) is 11.3 Å². The van der Waals surface area contributed by atoms with Crippen molar-refractivity contribution in [3.05, 3.63) is 47.5 Å². The molecule has 0 atom stereocenters. The fraction of sp³-hybridized carbons (Fsp3) is 0.250. The zero-order valence-electron chi connectivity index (χ0n) is 15.4. The van der Waals surface area contributed by atoms with Gasteiger partial charge in [-0.2, -0.15) is 0 Å². The zero-order chi connectivity index (χ0) is 19.2. The van der Waals surface area contributed by atoms with Crippen molar-refractivity contribution in [3.8, 4) is 33.5 Å². The van der Waals surface area contributed by atoms with E-state index in [4.69, 9.17) is 9.47 Å². The number of aromatic nitrogens is 2. The molecule has 2 heterocycles. The van der Waals surface area contributed by atoms with Crippen molar-refractivity contribution in [1.82, 2.24) is 9.97 Å². The van der Waals surface area contributed by atoms with Gasteiger partial charge in [0.1, 0.15) is 10.7 Å². The first-order valence-electron chi connectivity index (χ1n) is 8.56. The molecular weight excluding hydrogens is 364 g/mol. The predicted octanol–water partition coefficient (Wildman–Crippen LogP) is 4.46. The number of hydrogen-bond acceptors (Lipinski definition) is 7. The lowest BCUT2D eigenvalue weighted by atomic mass is 10.2. The molecule has 7 heteroatoms. The lowest BCUT2D eigenvalue weighted by Crippen LogP contribution is -2.01. The average Bonchev–Trinajstić information content (AvgIpc) is 3.19. The Morgan fingerprint density at radius 2 is 1.81 bits per heavy atom. The third-order valence-electron chi connectivity index (χ3n) is 3.74. The number of carbonyl (C=O) groups excluding carboxylic acids is 1. The van der Waals surface area contributed by atoms with E-state index in [-0.39, 0.29) is 0 Å². The number of methoxy groups -OCH3 is 1. The third-order valence-corrected chi connectivity index (χ3v) is 4.63. The number of esters is 1. The van der Waals surface area contributed by atoms with Crippen LogP contribution < -0.4 is 9.47 Å². The van der Waals surface area contributed by atoms with Crippen LogP contribution in [0.25, 0.3) is 22.0 Å². The van der Waals surface area contributed by atoms with Gasteiger partial charge in [0, 0.05) is 17.1 Å². The molecule has 0 saturated heterocycles. The van der Waals surface area contributed by atoms with E-state index in [0.717, 1.165) is 22.0 Å². The second kappa shape index (κ2) is 8.64. The number of pyridine rings is 1. The minimum absolute atomic E-state index is 0.407. The van der Waals surface area contributed by atoms with Gasteiger partial charge >= 0.3 is 5.97 Å². The molecule has 140 valence electrons. The van der Waals surface area contributed by atoms with E-state index < -0.39 is 5.97 Å². The molecule has 0 spiro atoms. The highest BCUT2D eigenvalue weighted by molar-refractivity contribution is 7.13. The number of benzene rings is 1. The molecule has 1 aromatic carbocycles. The van der Waals surface area contributed by atoms with Gasteiger partial charge in [-0.3, -0.25) is 4.98 Å². The van der Waals surface area contributed by atoms with Gasteiger partial charge in [-0.1, -0.05) is 0 Å². The highest BCUT2D eigenvalue weighted by Crippen LogP contribution is 2.35. The van der Waals surface area contributed by atoms with Crippen LogP contribution in [0.3, 0.4) is 0 Å². The van der Waals surface area contributed by atoms with Crippen LogP contribution >= 0.6 is 11.3 Å². The molecule has 0 bridgehead atoms. The minimum atomic E-state index is -0.411. The Morgan fingerprint density at radius 1 is 1.04 bits per heavy atom.